The minimum absolute atomic E-state index is 0.677. The lowest BCUT2D eigenvalue weighted by Gasteiger charge is -2.15. The summed E-state index contributed by atoms with van der Waals surface area (Å²) in [5, 5.41) is 1.63. The zero-order valence-electron chi connectivity index (χ0n) is 10.9. The third kappa shape index (κ3) is 4.16. The highest BCUT2D eigenvalue weighted by molar-refractivity contribution is 5.61. The van der Waals surface area contributed by atoms with E-state index in [0.29, 0.717) is 5.70 Å². The van der Waals surface area contributed by atoms with E-state index < -0.39 is 0 Å². The van der Waals surface area contributed by atoms with Crippen LogP contribution in [0.25, 0.3) is 5.70 Å². The molecule has 0 saturated carbocycles. The maximum atomic E-state index is 6.00. The molecule has 0 atom stereocenters. The van der Waals surface area contributed by atoms with Gasteiger partial charge in [0, 0.05) is 12.7 Å². The Hall–Kier alpha value is -2.26. The summed E-state index contributed by atoms with van der Waals surface area (Å²) in [6.07, 6.45) is 2.67. The van der Waals surface area contributed by atoms with E-state index in [2.05, 4.69) is 12.1 Å². The van der Waals surface area contributed by atoms with Gasteiger partial charge in [0.1, 0.15) is 0 Å². The summed E-state index contributed by atoms with van der Waals surface area (Å²) in [7, 11) is 0. The van der Waals surface area contributed by atoms with E-state index in [1.54, 1.807) is 11.2 Å². The van der Waals surface area contributed by atoms with E-state index in [1.165, 1.54) is 5.56 Å². The van der Waals surface area contributed by atoms with Crippen LogP contribution in [0.15, 0.2) is 66.9 Å². The van der Waals surface area contributed by atoms with Crippen molar-refractivity contribution in [2.24, 2.45) is 11.6 Å². The number of hydrogen-bond donors (Lipinski definition) is 2. The smallest absolute Gasteiger partial charge is 0.0564 e. The van der Waals surface area contributed by atoms with Crippen LogP contribution in [0.1, 0.15) is 11.1 Å². The van der Waals surface area contributed by atoms with Gasteiger partial charge in [0.15, 0.2) is 0 Å². The van der Waals surface area contributed by atoms with E-state index in [4.69, 9.17) is 11.6 Å². The molecule has 0 spiro atoms. The quantitative estimate of drug-likeness (QED) is 0.635. The standard InChI is InChI=1S/C16H19N3/c17-16(15-9-5-2-6-10-15)13-19(18)12-11-14-7-3-1-4-8-14/h1-10,13H,11-12,17-18H2/b16-13-. The molecule has 2 aromatic carbocycles. The first-order chi connectivity index (χ1) is 9.25. The van der Waals surface area contributed by atoms with Gasteiger partial charge in [-0.1, -0.05) is 60.7 Å². The lowest BCUT2D eigenvalue weighted by atomic mass is 10.1. The summed E-state index contributed by atoms with van der Waals surface area (Å²) < 4.78 is 0. The number of nitrogens with zero attached hydrogens (tertiary/aromatic N) is 1. The summed E-state index contributed by atoms with van der Waals surface area (Å²) >= 11 is 0. The van der Waals surface area contributed by atoms with Crippen molar-refractivity contribution in [2.75, 3.05) is 6.54 Å². The van der Waals surface area contributed by atoms with E-state index in [1.807, 2.05) is 48.5 Å². The Balaban J connectivity index is 1.92. The second kappa shape index (κ2) is 6.61. The van der Waals surface area contributed by atoms with Gasteiger partial charge in [0.2, 0.25) is 0 Å². The van der Waals surface area contributed by atoms with Gasteiger partial charge >= 0.3 is 0 Å². The molecule has 0 heterocycles. The van der Waals surface area contributed by atoms with Crippen molar-refractivity contribution in [3.8, 4) is 0 Å². The molecular weight excluding hydrogens is 234 g/mol. The Bertz CT molecular complexity index is 520. The maximum absolute atomic E-state index is 6.00. The molecule has 0 bridgehead atoms. The van der Waals surface area contributed by atoms with Crippen molar-refractivity contribution in [2.45, 2.75) is 6.42 Å². The summed E-state index contributed by atoms with van der Waals surface area (Å²) in [5.41, 5.74) is 8.93. The van der Waals surface area contributed by atoms with Crippen LogP contribution in [0.4, 0.5) is 0 Å². The van der Waals surface area contributed by atoms with Gasteiger partial charge in [-0.25, -0.2) is 5.84 Å². The molecule has 19 heavy (non-hydrogen) atoms. The van der Waals surface area contributed by atoms with Gasteiger partial charge in [0.05, 0.1) is 5.70 Å². The van der Waals surface area contributed by atoms with Crippen LogP contribution >= 0.6 is 0 Å². The monoisotopic (exact) mass is 253 g/mol. The molecule has 0 radical (unpaired) electrons. The molecule has 98 valence electrons. The number of hydrazine groups is 1. The topological polar surface area (TPSA) is 55.3 Å². The molecule has 2 rings (SSSR count). The van der Waals surface area contributed by atoms with Crippen LogP contribution in [-0.4, -0.2) is 11.6 Å². The van der Waals surface area contributed by atoms with Crippen molar-refractivity contribution >= 4 is 5.70 Å². The third-order valence-corrected chi connectivity index (χ3v) is 2.91. The minimum Gasteiger partial charge on any atom is -0.397 e. The van der Waals surface area contributed by atoms with Crippen molar-refractivity contribution in [3.05, 3.63) is 78.0 Å². The molecule has 0 fully saturated rings. The first-order valence-corrected chi connectivity index (χ1v) is 6.33. The molecule has 0 amide bonds. The Morgan fingerprint density at radius 2 is 1.53 bits per heavy atom. The molecule has 4 N–H and O–H groups in total. The first kappa shape index (κ1) is 13.2. The van der Waals surface area contributed by atoms with E-state index >= 15 is 0 Å². The number of hydrogen-bond acceptors (Lipinski definition) is 3. The fourth-order valence-electron chi connectivity index (χ4n) is 1.85. The highest BCUT2D eigenvalue weighted by Crippen LogP contribution is 2.08. The van der Waals surface area contributed by atoms with E-state index in [-0.39, 0.29) is 0 Å². The summed E-state index contributed by atoms with van der Waals surface area (Å²) in [6.45, 7) is 0.734. The van der Waals surface area contributed by atoms with Gasteiger partial charge in [-0.3, -0.25) is 0 Å². The zero-order valence-corrected chi connectivity index (χ0v) is 10.9. The number of nitrogens with two attached hydrogens (primary N) is 2. The zero-order chi connectivity index (χ0) is 13.5. The Labute approximate surface area is 114 Å². The van der Waals surface area contributed by atoms with Crippen molar-refractivity contribution < 1.29 is 0 Å². The van der Waals surface area contributed by atoms with Crippen LogP contribution < -0.4 is 11.6 Å². The van der Waals surface area contributed by atoms with Gasteiger partial charge < -0.3 is 10.7 Å². The van der Waals surface area contributed by atoms with Gasteiger partial charge in [-0.2, -0.15) is 0 Å². The molecule has 3 nitrogen and oxygen atoms in total. The third-order valence-electron chi connectivity index (χ3n) is 2.91. The molecule has 0 aromatic heterocycles. The van der Waals surface area contributed by atoms with Crippen molar-refractivity contribution in [3.63, 3.8) is 0 Å². The summed E-state index contributed by atoms with van der Waals surface area (Å²) in [5.74, 6) is 5.94. The molecule has 0 aliphatic carbocycles. The molecule has 0 aliphatic rings. The molecule has 2 aromatic rings. The minimum atomic E-state index is 0.677. The fourth-order valence-corrected chi connectivity index (χ4v) is 1.85. The second-order valence-corrected chi connectivity index (χ2v) is 4.42. The average Bonchev–Trinajstić information content (AvgIpc) is 2.47. The first-order valence-electron chi connectivity index (χ1n) is 6.33. The lowest BCUT2D eigenvalue weighted by Crippen LogP contribution is -2.28. The predicted molar refractivity (Wildman–Crippen MR) is 79.6 cm³/mol. The van der Waals surface area contributed by atoms with Gasteiger partial charge in [-0.05, 0) is 17.5 Å². The average molecular weight is 253 g/mol. The Morgan fingerprint density at radius 1 is 0.947 bits per heavy atom. The second-order valence-electron chi connectivity index (χ2n) is 4.42. The van der Waals surface area contributed by atoms with Crippen molar-refractivity contribution in [1.29, 1.82) is 0 Å². The molecule has 0 unspecified atom stereocenters. The van der Waals surface area contributed by atoms with E-state index in [0.717, 1.165) is 18.5 Å². The molecule has 3 heteroatoms. The molecule has 0 aliphatic heterocycles. The van der Waals surface area contributed by atoms with Crippen LogP contribution in [0.5, 0.6) is 0 Å². The van der Waals surface area contributed by atoms with Crippen LogP contribution in [0.2, 0.25) is 0 Å². The van der Waals surface area contributed by atoms with Gasteiger partial charge in [-0.15, -0.1) is 0 Å². The SMILES string of the molecule is N/C(=C\N(N)CCc1ccccc1)c1ccccc1. The lowest BCUT2D eigenvalue weighted by molar-refractivity contribution is 0.399. The maximum Gasteiger partial charge on any atom is 0.0564 e. The van der Waals surface area contributed by atoms with Crippen LogP contribution in [0, 0.1) is 0 Å². The molecule has 0 saturated heterocycles. The molecular formula is C16H19N3. The normalized spacial score (nSPS) is 11.3. The summed E-state index contributed by atoms with van der Waals surface area (Å²) in [4.78, 5) is 0. The summed E-state index contributed by atoms with van der Waals surface area (Å²) in [6, 6.07) is 20.1. The highest BCUT2D eigenvalue weighted by atomic mass is 15.4. The highest BCUT2D eigenvalue weighted by Gasteiger charge is 1.99. The van der Waals surface area contributed by atoms with Crippen LogP contribution in [-0.2, 0) is 6.42 Å². The Morgan fingerprint density at radius 3 is 2.16 bits per heavy atom. The largest absolute Gasteiger partial charge is 0.397 e. The predicted octanol–water partition coefficient (Wildman–Crippen LogP) is 2.36. The van der Waals surface area contributed by atoms with Crippen molar-refractivity contribution in [1.82, 2.24) is 5.01 Å². The van der Waals surface area contributed by atoms with E-state index in [9.17, 15) is 0 Å². The van der Waals surface area contributed by atoms with Crippen LogP contribution in [0.3, 0.4) is 0 Å². The number of rotatable bonds is 5. The Kier molecular flexibility index (Phi) is 4.59. The fraction of sp³-hybridized carbons (Fsp3) is 0.125. The number of benzene rings is 2. The van der Waals surface area contributed by atoms with Gasteiger partial charge in [0.25, 0.3) is 0 Å².